The van der Waals surface area contributed by atoms with Crippen LogP contribution in [-0.4, -0.2) is 92.9 Å². The molecule has 3 fully saturated rings. The first kappa shape index (κ1) is 19.1. The van der Waals surface area contributed by atoms with Gasteiger partial charge in [0.05, 0.1) is 18.1 Å². The fraction of sp³-hybridized carbons (Fsp3) is 0.944. The Morgan fingerprint density at radius 3 is 2.24 bits per heavy atom. The molecule has 0 aromatic heterocycles. The zero-order valence-corrected chi connectivity index (χ0v) is 16.5. The zero-order chi connectivity index (χ0) is 18.0. The van der Waals surface area contributed by atoms with Gasteiger partial charge < -0.3 is 4.90 Å². The van der Waals surface area contributed by atoms with E-state index < -0.39 is 9.84 Å². The Morgan fingerprint density at radius 1 is 1.00 bits per heavy atom. The largest absolute Gasteiger partial charge is 0.348 e. The predicted octanol–water partition coefficient (Wildman–Crippen LogP) is 0.828. The Balaban J connectivity index is 1.62. The average molecular weight is 372 g/mol. The van der Waals surface area contributed by atoms with Gasteiger partial charge in [0.25, 0.3) is 0 Å². The highest BCUT2D eigenvalue weighted by Crippen LogP contribution is 2.30. The highest BCUT2D eigenvalue weighted by molar-refractivity contribution is 7.91. The van der Waals surface area contributed by atoms with Crippen molar-refractivity contribution in [3.05, 3.63) is 0 Å². The zero-order valence-electron chi connectivity index (χ0n) is 15.7. The highest BCUT2D eigenvalue weighted by Gasteiger charge is 2.46. The first-order valence-electron chi connectivity index (χ1n) is 9.74. The second-order valence-electron chi connectivity index (χ2n) is 8.30. The molecule has 0 spiro atoms. The Hall–Kier alpha value is -0.660. The van der Waals surface area contributed by atoms with Gasteiger partial charge in [0.2, 0.25) is 5.91 Å². The molecule has 25 heavy (non-hydrogen) atoms. The van der Waals surface area contributed by atoms with E-state index in [2.05, 4.69) is 9.80 Å². The van der Waals surface area contributed by atoms with E-state index in [0.29, 0.717) is 6.54 Å². The molecule has 3 aliphatic rings. The number of sulfone groups is 1. The number of rotatable bonds is 5. The van der Waals surface area contributed by atoms with Crippen LogP contribution in [0.1, 0.15) is 38.5 Å². The molecular weight excluding hydrogens is 338 g/mol. The van der Waals surface area contributed by atoms with E-state index in [1.807, 2.05) is 0 Å². The summed E-state index contributed by atoms with van der Waals surface area (Å²) in [5.74, 6) is 1.34. The van der Waals surface area contributed by atoms with Crippen molar-refractivity contribution < 1.29 is 13.2 Å². The number of hydrogen-bond acceptors (Lipinski definition) is 5. The van der Waals surface area contributed by atoms with Gasteiger partial charge in [0.15, 0.2) is 9.84 Å². The van der Waals surface area contributed by atoms with Crippen LogP contribution in [0.25, 0.3) is 0 Å². The molecule has 7 heteroatoms. The average Bonchev–Trinajstić information content (AvgIpc) is 2.90. The summed E-state index contributed by atoms with van der Waals surface area (Å²) < 4.78 is 24.5. The molecule has 2 saturated heterocycles. The van der Waals surface area contributed by atoms with E-state index in [-0.39, 0.29) is 29.5 Å². The van der Waals surface area contributed by atoms with Crippen molar-refractivity contribution >= 4 is 15.7 Å². The third-order valence-corrected chi connectivity index (χ3v) is 7.99. The van der Waals surface area contributed by atoms with E-state index >= 15 is 0 Å². The molecule has 1 saturated carbocycles. The molecule has 0 radical (unpaired) electrons. The number of fused-ring (bicyclic) bond motifs is 1. The van der Waals surface area contributed by atoms with Crippen LogP contribution in [0.3, 0.4) is 0 Å². The normalized spacial score (nSPS) is 31.0. The SMILES string of the molecule is CN(C)C(=O)CN1CCN(CCC2CCCCC2)[C@@H]2CS(=O)(=O)C[C@@H]21. The monoisotopic (exact) mass is 371 g/mol. The number of piperazine rings is 1. The lowest BCUT2D eigenvalue weighted by Gasteiger charge is -2.44. The Morgan fingerprint density at radius 2 is 1.60 bits per heavy atom. The van der Waals surface area contributed by atoms with Crippen LogP contribution < -0.4 is 0 Å². The smallest absolute Gasteiger partial charge is 0.236 e. The highest BCUT2D eigenvalue weighted by atomic mass is 32.2. The van der Waals surface area contributed by atoms with Crippen molar-refractivity contribution in [1.29, 1.82) is 0 Å². The molecule has 144 valence electrons. The van der Waals surface area contributed by atoms with Gasteiger partial charge in [-0.25, -0.2) is 8.42 Å². The quantitative estimate of drug-likeness (QED) is 0.716. The van der Waals surface area contributed by atoms with Crippen molar-refractivity contribution in [2.24, 2.45) is 5.92 Å². The lowest BCUT2D eigenvalue weighted by molar-refractivity contribution is -0.131. The van der Waals surface area contributed by atoms with Crippen LogP contribution in [0.5, 0.6) is 0 Å². The summed E-state index contributed by atoms with van der Waals surface area (Å²) >= 11 is 0. The van der Waals surface area contributed by atoms with Crippen LogP contribution in [0.15, 0.2) is 0 Å². The Kier molecular flexibility index (Phi) is 6.06. The molecule has 3 rings (SSSR count). The molecular formula is C18H33N3O3S. The van der Waals surface area contributed by atoms with Gasteiger partial charge in [-0.3, -0.25) is 14.6 Å². The molecule has 0 N–H and O–H groups in total. The molecule has 6 nitrogen and oxygen atoms in total. The second kappa shape index (κ2) is 7.92. The predicted molar refractivity (Wildman–Crippen MR) is 99.3 cm³/mol. The Bertz CT molecular complexity index is 572. The molecule has 2 aliphatic heterocycles. The topological polar surface area (TPSA) is 60.9 Å². The number of likely N-dealkylation sites (N-methyl/N-ethyl adjacent to an activating group) is 1. The van der Waals surface area contributed by atoms with E-state index in [0.717, 1.165) is 25.6 Å². The first-order chi connectivity index (χ1) is 11.9. The fourth-order valence-electron chi connectivity index (χ4n) is 4.71. The summed E-state index contributed by atoms with van der Waals surface area (Å²) in [5, 5.41) is 0. The minimum atomic E-state index is -3.00. The number of carbonyl (C=O) groups excluding carboxylic acids is 1. The van der Waals surface area contributed by atoms with Crippen molar-refractivity contribution in [3.63, 3.8) is 0 Å². The van der Waals surface area contributed by atoms with Crippen molar-refractivity contribution in [3.8, 4) is 0 Å². The summed E-state index contributed by atoms with van der Waals surface area (Å²) in [4.78, 5) is 18.2. The van der Waals surface area contributed by atoms with E-state index in [9.17, 15) is 13.2 Å². The molecule has 0 aromatic carbocycles. The van der Waals surface area contributed by atoms with E-state index in [1.165, 1.54) is 38.5 Å². The number of carbonyl (C=O) groups is 1. The molecule has 0 unspecified atom stereocenters. The number of hydrogen-bond donors (Lipinski definition) is 0. The Labute approximate surface area is 152 Å². The summed E-state index contributed by atoms with van der Waals surface area (Å²) in [6.45, 7) is 3.02. The molecule has 1 amide bonds. The summed E-state index contributed by atoms with van der Waals surface area (Å²) in [7, 11) is 0.509. The van der Waals surface area contributed by atoms with Crippen LogP contribution >= 0.6 is 0 Å². The van der Waals surface area contributed by atoms with Gasteiger partial charge in [-0.15, -0.1) is 0 Å². The van der Waals surface area contributed by atoms with Gasteiger partial charge in [-0.2, -0.15) is 0 Å². The lowest BCUT2D eigenvalue weighted by Crippen LogP contribution is -2.60. The maximum Gasteiger partial charge on any atom is 0.236 e. The van der Waals surface area contributed by atoms with Crippen molar-refractivity contribution in [2.45, 2.75) is 50.6 Å². The van der Waals surface area contributed by atoms with Crippen LogP contribution in [0.4, 0.5) is 0 Å². The number of amides is 1. The lowest BCUT2D eigenvalue weighted by atomic mass is 9.86. The molecule has 2 atom stereocenters. The van der Waals surface area contributed by atoms with E-state index in [1.54, 1.807) is 19.0 Å². The molecule has 1 aliphatic carbocycles. The number of nitrogens with zero attached hydrogens (tertiary/aromatic N) is 3. The summed E-state index contributed by atoms with van der Waals surface area (Å²) in [6, 6.07) is 0.0475. The molecule has 0 bridgehead atoms. The van der Waals surface area contributed by atoms with Gasteiger partial charge in [0, 0.05) is 39.3 Å². The maximum atomic E-state index is 12.3. The van der Waals surface area contributed by atoms with Crippen molar-refractivity contribution in [2.75, 3.05) is 51.8 Å². The third-order valence-electron chi connectivity index (χ3n) is 6.29. The summed E-state index contributed by atoms with van der Waals surface area (Å²) in [5.41, 5.74) is 0. The molecule has 2 heterocycles. The first-order valence-corrected chi connectivity index (χ1v) is 11.6. The third kappa shape index (κ3) is 4.74. The second-order valence-corrected chi connectivity index (χ2v) is 10.5. The standard InChI is InChI=1S/C18H33N3O3S/c1-19(2)18(22)12-21-11-10-20(9-8-15-6-4-3-5-7-15)16-13-25(23,24)14-17(16)21/h15-17H,3-14H2,1-2H3/t16-,17+/m1/s1. The van der Waals surface area contributed by atoms with E-state index in [4.69, 9.17) is 0 Å². The maximum absolute atomic E-state index is 12.3. The van der Waals surface area contributed by atoms with Crippen LogP contribution in [-0.2, 0) is 14.6 Å². The summed E-state index contributed by atoms with van der Waals surface area (Å²) in [6.07, 6.45) is 7.95. The van der Waals surface area contributed by atoms with Gasteiger partial charge >= 0.3 is 0 Å². The van der Waals surface area contributed by atoms with Gasteiger partial charge in [0.1, 0.15) is 0 Å². The minimum Gasteiger partial charge on any atom is -0.348 e. The van der Waals surface area contributed by atoms with Gasteiger partial charge in [-0.1, -0.05) is 32.1 Å². The fourth-order valence-corrected chi connectivity index (χ4v) is 6.75. The van der Waals surface area contributed by atoms with Crippen molar-refractivity contribution in [1.82, 2.24) is 14.7 Å². The van der Waals surface area contributed by atoms with Crippen LogP contribution in [0.2, 0.25) is 0 Å². The van der Waals surface area contributed by atoms with Gasteiger partial charge in [-0.05, 0) is 18.9 Å². The molecule has 0 aromatic rings. The van der Waals surface area contributed by atoms with Crippen LogP contribution in [0, 0.1) is 5.92 Å². The minimum absolute atomic E-state index is 0.0194.